The van der Waals surface area contributed by atoms with Gasteiger partial charge in [-0.1, -0.05) is 33.1 Å². The van der Waals surface area contributed by atoms with Gasteiger partial charge in [-0.15, -0.1) is 0 Å². The topological polar surface area (TPSA) is 29.9 Å². The molecule has 1 aromatic rings. The number of aryl methyl sites for hydroxylation is 1. The molecular formula is C16H29N3S. The zero-order chi connectivity index (χ0) is 14.2. The minimum Gasteiger partial charge on any atom is -0.308 e. The van der Waals surface area contributed by atoms with Crippen LogP contribution >= 0.6 is 11.8 Å². The van der Waals surface area contributed by atoms with Crippen LogP contribution in [0, 0.1) is 0 Å². The van der Waals surface area contributed by atoms with E-state index in [1.54, 1.807) is 0 Å². The van der Waals surface area contributed by atoms with Gasteiger partial charge in [0.05, 0.1) is 11.7 Å². The smallest absolute Gasteiger partial charge is 0.0583 e. The van der Waals surface area contributed by atoms with Crippen molar-refractivity contribution in [3.63, 3.8) is 0 Å². The third-order valence-corrected chi connectivity index (χ3v) is 5.51. The maximum absolute atomic E-state index is 4.47. The summed E-state index contributed by atoms with van der Waals surface area (Å²) in [6.07, 6.45) is 10.2. The Hall–Kier alpha value is -0.480. The molecule has 0 bridgehead atoms. The highest BCUT2D eigenvalue weighted by molar-refractivity contribution is 7.99. The highest BCUT2D eigenvalue weighted by Gasteiger charge is 2.19. The Kier molecular flexibility index (Phi) is 6.94. The third kappa shape index (κ3) is 4.52. The Morgan fingerprint density at radius 2 is 2.15 bits per heavy atom. The second kappa shape index (κ2) is 8.73. The molecular weight excluding hydrogens is 266 g/mol. The average molecular weight is 295 g/mol. The second-order valence-corrected chi connectivity index (χ2v) is 7.02. The maximum Gasteiger partial charge on any atom is 0.0583 e. The largest absolute Gasteiger partial charge is 0.308 e. The van der Waals surface area contributed by atoms with Gasteiger partial charge in [-0.2, -0.15) is 16.9 Å². The molecule has 0 radical (unpaired) electrons. The van der Waals surface area contributed by atoms with Crippen LogP contribution in [-0.4, -0.2) is 27.3 Å². The Labute approximate surface area is 127 Å². The Morgan fingerprint density at radius 1 is 1.35 bits per heavy atom. The molecule has 1 aliphatic carbocycles. The number of hydrogen-bond acceptors (Lipinski definition) is 3. The van der Waals surface area contributed by atoms with Gasteiger partial charge in [0.1, 0.15) is 0 Å². The van der Waals surface area contributed by atoms with Gasteiger partial charge in [-0.05, 0) is 31.9 Å². The zero-order valence-corrected chi connectivity index (χ0v) is 13.8. The van der Waals surface area contributed by atoms with Gasteiger partial charge >= 0.3 is 0 Å². The summed E-state index contributed by atoms with van der Waals surface area (Å²) in [5.41, 5.74) is 1.36. The molecule has 2 rings (SSSR count). The standard InChI is InChI=1S/C16H29N3S/c1-3-12-19-16(10-11-18-19)15(17-4-2)13-20-14-8-6-5-7-9-14/h10-11,14-15,17H,3-9,12-13H2,1-2H3. The minimum absolute atomic E-state index is 0.445. The molecule has 0 spiro atoms. The predicted octanol–water partition coefficient (Wildman–Crippen LogP) is 4.01. The number of thioether (sulfide) groups is 1. The fraction of sp³-hybridized carbons (Fsp3) is 0.812. The van der Waals surface area contributed by atoms with Crippen molar-refractivity contribution in [1.29, 1.82) is 0 Å². The SMILES string of the molecule is CCCn1nccc1C(CSC1CCCCC1)NCC. The molecule has 1 N–H and O–H groups in total. The van der Waals surface area contributed by atoms with Crippen LogP contribution in [0.5, 0.6) is 0 Å². The summed E-state index contributed by atoms with van der Waals surface area (Å²) in [5, 5.41) is 8.99. The molecule has 0 aromatic carbocycles. The predicted molar refractivity (Wildman–Crippen MR) is 88.3 cm³/mol. The molecule has 4 heteroatoms. The van der Waals surface area contributed by atoms with Crippen molar-refractivity contribution in [3.8, 4) is 0 Å². The Bertz CT molecular complexity index is 372. The van der Waals surface area contributed by atoms with Crippen molar-refractivity contribution in [3.05, 3.63) is 18.0 Å². The van der Waals surface area contributed by atoms with E-state index in [1.807, 2.05) is 6.20 Å². The van der Waals surface area contributed by atoms with Gasteiger partial charge in [0.25, 0.3) is 0 Å². The first-order valence-corrected chi connectivity index (χ1v) is 9.26. The summed E-state index contributed by atoms with van der Waals surface area (Å²) < 4.78 is 2.18. The highest BCUT2D eigenvalue weighted by atomic mass is 32.2. The molecule has 1 saturated carbocycles. The first kappa shape index (κ1) is 15.9. The number of hydrogen-bond donors (Lipinski definition) is 1. The van der Waals surface area contributed by atoms with E-state index in [2.05, 4.69) is 46.8 Å². The average Bonchev–Trinajstić information content (AvgIpc) is 2.93. The van der Waals surface area contributed by atoms with Crippen molar-refractivity contribution in [1.82, 2.24) is 15.1 Å². The lowest BCUT2D eigenvalue weighted by Gasteiger charge is -2.25. The van der Waals surface area contributed by atoms with Crippen molar-refractivity contribution in [2.24, 2.45) is 0 Å². The quantitative estimate of drug-likeness (QED) is 0.786. The molecule has 114 valence electrons. The molecule has 20 heavy (non-hydrogen) atoms. The minimum atomic E-state index is 0.445. The van der Waals surface area contributed by atoms with E-state index >= 15 is 0 Å². The molecule has 0 saturated heterocycles. The number of nitrogens with zero attached hydrogens (tertiary/aromatic N) is 2. The fourth-order valence-electron chi connectivity index (χ4n) is 3.00. The molecule has 1 atom stereocenters. The molecule has 1 aliphatic rings. The van der Waals surface area contributed by atoms with Crippen molar-refractivity contribution < 1.29 is 0 Å². The Morgan fingerprint density at radius 3 is 2.85 bits per heavy atom. The van der Waals surface area contributed by atoms with E-state index in [9.17, 15) is 0 Å². The summed E-state index contributed by atoms with van der Waals surface area (Å²) >= 11 is 2.17. The summed E-state index contributed by atoms with van der Waals surface area (Å²) in [7, 11) is 0. The normalized spacial score (nSPS) is 18.3. The number of nitrogens with one attached hydrogen (secondary N) is 1. The zero-order valence-electron chi connectivity index (χ0n) is 13.0. The maximum atomic E-state index is 4.47. The molecule has 1 aromatic heterocycles. The lowest BCUT2D eigenvalue weighted by Crippen LogP contribution is -2.27. The van der Waals surface area contributed by atoms with E-state index in [-0.39, 0.29) is 0 Å². The van der Waals surface area contributed by atoms with Crippen molar-refractivity contribution in [2.75, 3.05) is 12.3 Å². The van der Waals surface area contributed by atoms with Crippen molar-refractivity contribution >= 4 is 11.8 Å². The molecule has 1 unspecified atom stereocenters. The summed E-state index contributed by atoms with van der Waals surface area (Å²) in [6.45, 7) is 6.45. The summed E-state index contributed by atoms with van der Waals surface area (Å²) in [5.74, 6) is 1.17. The molecule has 0 aliphatic heterocycles. The summed E-state index contributed by atoms with van der Waals surface area (Å²) in [4.78, 5) is 0. The molecule has 3 nitrogen and oxygen atoms in total. The first-order valence-electron chi connectivity index (χ1n) is 8.21. The Balaban J connectivity index is 1.93. The molecule has 1 heterocycles. The van der Waals surface area contributed by atoms with Crippen LogP contribution in [0.2, 0.25) is 0 Å². The third-order valence-electron chi connectivity index (χ3n) is 4.04. The number of aromatic nitrogens is 2. The first-order chi connectivity index (χ1) is 9.85. The fourth-order valence-corrected chi connectivity index (χ4v) is 4.42. The van der Waals surface area contributed by atoms with Gasteiger partial charge in [-0.25, -0.2) is 0 Å². The lowest BCUT2D eigenvalue weighted by atomic mass is 10.0. The van der Waals surface area contributed by atoms with Gasteiger partial charge in [0, 0.05) is 23.7 Å². The van der Waals surface area contributed by atoms with E-state index in [0.29, 0.717) is 6.04 Å². The van der Waals surface area contributed by atoms with Crippen LogP contribution in [0.1, 0.15) is 64.1 Å². The van der Waals surface area contributed by atoms with Gasteiger partial charge in [-0.3, -0.25) is 4.68 Å². The van der Waals surface area contributed by atoms with E-state index in [0.717, 1.165) is 24.8 Å². The van der Waals surface area contributed by atoms with Crippen LogP contribution in [0.15, 0.2) is 12.3 Å². The van der Waals surface area contributed by atoms with E-state index < -0.39 is 0 Å². The van der Waals surface area contributed by atoms with E-state index in [4.69, 9.17) is 0 Å². The second-order valence-electron chi connectivity index (χ2n) is 5.68. The highest BCUT2D eigenvalue weighted by Crippen LogP contribution is 2.31. The van der Waals surface area contributed by atoms with Crippen LogP contribution in [0.4, 0.5) is 0 Å². The van der Waals surface area contributed by atoms with Gasteiger partial charge < -0.3 is 5.32 Å². The monoisotopic (exact) mass is 295 g/mol. The lowest BCUT2D eigenvalue weighted by molar-refractivity contribution is 0.500. The van der Waals surface area contributed by atoms with Gasteiger partial charge in [0.15, 0.2) is 0 Å². The van der Waals surface area contributed by atoms with Crippen molar-refractivity contribution in [2.45, 2.75) is 70.2 Å². The number of rotatable bonds is 8. The van der Waals surface area contributed by atoms with Gasteiger partial charge in [0.2, 0.25) is 0 Å². The van der Waals surface area contributed by atoms with Crippen LogP contribution in [-0.2, 0) is 6.54 Å². The summed E-state index contributed by atoms with van der Waals surface area (Å²) in [6, 6.07) is 2.63. The molecule has 0 amide bonds. The van der Waals surface area contributed by atoms with E-state index in [1.165, 1.54) is 43.6 Å². The van der Waals surface area contributed by atoms with Crippen LogP contribution in [0.3, 0.4) is 0 Å². The van der Waals surface area contributed by atoms with Crippen LogP contribution in [0.25, 0.3) is 0 Å². The van der Waals surface area contributed by atoms with Crippen LogP contribution < -0.4 is 5.32 Å². The molecule has 1 fully saturated rings.